The van der Waals surface area contributed by atoms with E-state index >= 15 is 0 Å². The molecule has 2 heterocycles. The van der Waals surface area contributed by atoms with Gasteiger partial charge in [-0.2, -0.15) is 13.2 Å². The molecule has 3 atom stereocenters. The summed E-state index contributed by atoms with van der Waals surface area (Å²) in [5.41, 5.74) is -1.07. The van der Waals surface area contributed by atoms with Gasteiger partial charge in [0, 0.05) is 18.0 Å². The first-order chi connectivity index (χ1) is 8.39. The van der Waals surface area contributed by atoms with Crippen molar-refractivity contribution >= 4 is 0 Å². The third kappa shape index (κ3) is 2.64. The van der Waals surface area contributed by atoms with Crippen LogP contribution in [-0.2, 0) is 10.9 Å². The van der Waals surface area contributed by atoms with Gasteiger partial charge in [0.2, 0.25) is 0 Å². The van der Waals surface area contributed by atoms with Crippen LogP contribution in [0, 0.1) is 0 Å². The lowest BCUT2D eigenvalue weighted by molar-refractivity contribution is -0.140. The van der Waals surface area contributed by atoms with E-state index < -0.39 is 23.9 Å². The van der Waals surface area contributed by atoms with Gasteiger partial charge in [0.05, 0.1) is 17.8 Å². The van der Waals surface area contributed by atoms with Gasteiger partial charge in [0.25, 0.3) is 0 Å². The molecule has 1 aliphatic heterocycles. The van der Waals surface area contributed by atoms with Crippen LogP contribution in [0.4, 0.5) is 13.2 Å². The number of alkyl halides is 3. The van der Waals surface area contributed by atoms with Crippen molar-refractivity contribution in [2.24, 2.45) is 0 Å². The fourth-order valence-corrected chi connectivity index (χ4v) is 2.17. The molecule has 0 bridgehead atoms. The molecule has 0 spiro atoms. The van der Waals surface area contributed by atoms with Crippen molar-refractivity contribution in [3.63, 3.8) is 0 Å². The number of nitrogens with zero attached hydrogens (tertiary/aromatic N) is 1. The van der Waals surface area contributed by atoms with E-state index in [4.69, 9.17) is 4.74 Å². The van der Waals surface area contributed by atoms with Gasteiger partial charge in [-0.1, -0.05) is 0 Å². The SMILES string of the molecule is CC1CCC(C(O)c2cnccc2C(F)(F)F)O1. The van der Waals surface area contributed by atoms with Gasteiger partial charge in [-0.15, -0.1) is 0 Å². The lowest BCUT2D eigenvalue weighted by Gasteiger charge is -2.21. The van der Waals surface area contributed by atoms with Crippen LogP contribution >= 0.6 is 0 Å². The van der Waals surface area contributed by atoms with E-state index in [1.807, 2.05) is 6.92 Å². The van der Waals surface area contributed by atoms with E-state index in [0.29, 0.717) is 6.42 Å². The zero-order valence-electron chi connectivity index (χ0n) is 9.81. The van der Waals surface area contributed by atoms with Crippen molar-refractivity contribution in [3.05, 3.63) is 29.6 Å². The number of aromatic nitrogens is 1. The molecule has 0 aromatic carbocycles. The maximum atomic E-state index is 12.8. The summed E-state index contributed by atoms with van der Waals surface area (Å²) in [5, 5.41) is 10.0. The Morgan fingerprint density at radius 3 is 2.72 bits per heavy atom. The van der Waals surface area contributed by atoms with Crippen molar-refractivity contribution < 1.29 is 23.0 Å². The van der Waals surface area contributed by atoms with E-state index in [1.165, 1.54) is 0 Å². The number of rotatable bonds is 2. The number of hydrogen-bond donors (Lipinski definition) is 1. The fourth-order valence-electron chi connectivity index (χ4n) is 2.17. The number of aliphatic hydroxyl groups excluding tert-OH is 1. The van der Waals surface area contributed by atoms with Crippen LogP contribution in [0.15, 0.2) is 18.5 Å². The molecule has 1 N–H and O–H groups in total. The molecular weight excluding hydrogens is 247 g/mol. The number of pyridine rings is 1. The summed E-state index contributed by atoms with van der Waals surface area (Å²) in [4.78, 5) is 3.65. The number of hydrogen-bond acceptors (Lipinski definition) is 3. The fraction of sp³-hybridized carbons (Fsp3) is 0.583. The Hall–Kier alpha value is -1.14. The Morgan fingerprint density at radius 2 is 2.17 bits per heavy atom. The first-order valence-electron chi connectivity index (χ1n) is 5.74. The maximum absolute atomic E-state index is 12.8. The van der Waals surface area contributed by atoms with Gasteiger partial charge in [0.1, 0.15) is 6.10 Å². The van der Waals surface area contributed by atoms with Crippen molar-refractivity contribution in [3.8, 4) is 0 Å². The van der Waals surface area contributed by atoms with E-state index in [2.05, 4.69) is 4.98 Å². The van der Waals surface area contributed by atoms with Crippen molar-refractivity contribution in [2.75, 3.05) is 0 Å². The predicted molar refractivity (Wildman–Crippen MR) is 57.8 cm³/mol. The minimum Gasteiger partial charge on any atom is -0.386 e. The second-order valence-electron chi connectivity index (χ2n) is 4.47. The van der Waals surface area contributed by atoms with Crippen LogP contribution in [-0.4, -0.2) is 22.3 Å². The Balaban J connectivity index is 2.28. The Morgan fingerprint density at radius 1 is 1.44 bits per heavy atom. The molecule has 18 heavy (non-hydrogen) atoms. The van der Waals surface area contributed by atoms with Crippen LogP contribution in [0.3, 0.4) is 0 Å². The summed E-state index contributed by atoms with van der Waals surface area (Å²) in [6.45, 7) is 1.83. The van der Waals surface area contributed by atoms with Crippen LogP contribution in [0.2, 0.25) is 0 Å². The number of aliphatic hydroxyl groups is 1. The van der Waals surface area contributed by atoms with Crippen LogP contribution in [0.25, 0.3) is 0 Å². The van der Waals surface area contributed by atoms with E-state index in [9.17, 15) is 18.3 Å². The van der Waals surface area contributed by atoms with Gasteiger partial charge in [-0.25, -0.2) is 0 Å². The standard InChI is InChI=1S/C12H14F3NO2/c1-7-2-3-10(18-7)11(17)8-6-16-5-4-9(8)12(13,14)15/h4-7,10-11,17H,2-3H2,1H3. The molecule has 1 aromatic heterocycles. The third-order valence-corrected chi connectivity index (χ3v) is 3.09. The van der Waals surface area contributed by atoms with Crippen LogP contribution in [0.1, 0.15) is 37.0 Å². The van der Waals surface area contributed by atoms with Gasteiger partial charge in [-0.05, 0) is 25.8 Å². The van der Waals surface area contributed by atoms with E-state index in [1.54, 1.807) is 0 Å². The average molecular weight is 261 g/mol. The first-order valence-corrected chi connectivity index (χ1v) is 5.74. The topological polar surface area (TPSA) is 42.4 Å². The van der Waals surface area contributed by atoms with Gasteiger partial charge in [0.15, 0.2) is 0 Å². The molecule has 1 saturated heterocycles. The summed E-state index contributed by atoms with van der Waals surface area (Å²) in [6, 6.07) is 0.872. The molecule has 0 radical (unpaired) electrons. The van der Waals surface area contributed by atoms with Crippen molar-refractivity contribution in [1.29, 1.82) is 0 Å². The Bertz CT molecular complexity index is 422. The largest absolute Gasteiger partial charge is 0.416 e. The maximum Gasteiger partial charge on any atom is 0.416 e. The predicted octanol–water partition coefficient (Wildman–Crippen LogP) is 2.70. The molecule has 1 aliphatic rings. The summed E-state index contributed by atoms with van der Waals surface area (Å²) >= 11 is 0. The molecule has 0 aliphatic carbocycles. The molecule has 3 unspecified atom stereocenters. The molecule has 6 heteroatoms. The summed E-state index contributed by atoms with van der Waals surface area (Å²) < 4.78 is 43.8. The second-order valence-corrected chi connectivity index (χ2v) is 4.47. The van der Waals surface area contributed by atoms with Gasteiger partial charge < -0.3 is 9.84 Å². The smallest absolute Gasteiger partial charge is 0.386 e. The summed E-state index contributed by atoms with van der Waals surface area (Å²) in [6.07, 6.45) is -3.00. The molecule has 3 nitrogen and oxygen atoms in total. The molecule has 0 saturated carbocycles. The highest BCUT2D eigenvalue weighted by Crippen LogP contribution is 2.37. The zero-order valence-corrected chi connectivity index (χ0v) is 9.81. The molecule has 0 amide bonds. The summed E-state index contributed by atoms with van der Waals surface area (Å²) in [5.74, 6) is 0. The Kier molecular flexibility index (Phi) is 3.59. The van der Waals surface area contributed by atoms with Gasteiger partial charge >= 0.3 is 6.18 Å². The molecular formula is C12H14F3NO2. The number of ether oxygens (including phenoxy) is 1. The normalized spacial score (nSPS) is 26.3. The minimum absolute atomic E-state index is 0.0318. The average Bonchev–Trinajstić information content (AvgIpc) is 2.74. The molecule has 1 fully saturated rings. The van der Waals surface area contributed by atoms with Crippen molar-refractivity contribution in [2.45, 2.75) is 44.3 Å². The third-order valence-electron chi connectivity index (χ3n) is 3.09. The highest BCUT2D eigenvalue weighted by atomic mass is 19.4. The highest BCUT2D eigenvalue weighted by molar-refractivity contribution is 5.29. The van der Waals surface area contributed by atoms with Crippen LogP contribution < -0.4 is 0 Å². The summed E-state index contributed by atoms with van der Waals surface area (Å²) in [7, 11) is 0. The van der Waals surface area contributed by atoms with Crippen LogP contribution in [0.5, 0.6) is 0 Å². The highest BCUT2D eigenvalue weighted by Gasteiger charge is 2.38. The lowest BCUT2D eigenvalue weighted by atomic mass is 9.99. The van der Waals surface area contributed by atoms with Gasteiger partial charge in [-0.3, -0.25) is 4.98 Å². The quantitative estimate of drug-likeness (QED) is 0.890. The Labute approximate surface area is 103 Å². The van der Waals surface area contributed by atoms with E-state index in [-0.39, 0.29) is 11.7 Å². The monoisotopic (exact) mass is 261 g/mol. The van der Waals surface area contributed by atoms with Crippen molar-refractivity contribution in [1.82, 2.24) is 4.98 Å². The lowest BCUT2D eigenvalue weighted by Crippen LogP contribution is -2.22. The first kappa shape index (κ1) is 13.3. The molecule has 100 valence electrons. The minimum atomic E-state index is -4.50. The second kappa shape index (κ2) is 4.85. The number of halogens is 3. The molecule has 1 aromatic rings. The zero-order chi connectivity index (χ0) is 13.3. The van der Waals surface area contributed by atoms with E-state index in [0.717, 1.165) is 24.9 Å². The molecule has 2 rings (SSSR count).